The van der Waals surface area contributed by atoms with Crippen LogP contribution in [0.3, 0.4) is 0 Å². The number of pyridine rings is 2. The Morgan fingerprint density at radius 2 is 2.10 bits per heavy atom. The van der Waals surface area contributed by atoms with Gasteiger partial charge in [0, 0.05) is 31.4 Å². The van der Waals surface area contributed by atoms with Crippen LogP contribution in [-0.2, 0) is 0 Å². The maximum absolute atomic E-state index is 12.5. The summed E-state index contributed by atoms with van der Waals surface area (Å²) >= 11 is 6.10. The Morgan fingerprint density at radius 3 is 2.80 bits per heavy atom. The number of rotatable bonds is 8. The molecule has 12 heteroatoms. The van der Waals surface area contributed by atoms with E-state index in [2.05, 4.69) is 43.3 Å². The molecule has 4 aromatic heterocycles. The number of nitriles is 1. The van der Waals surface area contributed by atoms with Gasteiger partial charge in [-0.3, -0.25) is 9.78 Å². The lowest BCUT2D eigenvalue weighted by molar-refractivity contribution is 0.0283. The quantitative estimate of drug-likeness (QED) is 0.331. The zero-order valence-corrected chi connectivity index (χ0v) is 23.1. The van der Waals surface area contributed by atoms with Gasteiger partial charge in [-0.1, -0.05) is 18.5 Å². The van der Waals surface area contributed by atoms with Gasteiger partial charge in [-0.05, 0) is 43.9 Å². The van der Waals surface area contributed by atoms with Crippen LogP contribution in [0.15, 0.2) is 49.2 Å². The molecule has 1 aliphatic heterocycles. The number of ether oxygens (including phenoxy) is 1. The summed E-state index contributed by atoms with van der Waals surface area (Å²) in [5.41, 5.74) is 1.40. The zero-order valence-electron chi connectivity index (χ0n) is 22.4. The van der Waals surface area contributed by atoms with Crippen molar-refractivity contribution in [1.82, 2.24) is 29.9 Å². The lowest BCUT2D eigenvalue weighted by atomic mass is 9.98. The average molecular weight is 561 g/mol. The fraction of sp³-hybridized carbons (Fsp3) is 0.357. The molecule has 1 unspecified atom stereocenters. The number of fused-ring (bicyclic) bond motifs is 1. The number of amides is 1. The van der Waals surface area contributed by atoms with Gasteiger partial charge >= 0.3 is 0 Å². The molecule has 0 aliphatic carbocycles. The van der Waals surface area contributed by atoms with Crippen LogP contribution in [0.5, 0.6) is 5.75 Å². The van der Waals surface area contributed by atoms with E-state index in [1.54, 1.807) is 61.3 Å². The molecule has 5 heterocycles. The van der Waals surface area contributed by atoms with Crippen molar-refractivity contribution in [2.24, 2.45) is 11.8 Å². The predicted octanol–water partition coefficient (Wildman–Crippen LogP) is 3.36. The Hall–Kier alpha value is -4.27. The summed E-state index contributed by atoms with van der Waals surface area (Å²) in [6.45, 7) is 7.51. The monoisotopic (exact) mass is 560 g/mol. The first-order valence-corrected chi connectivity index (χ1v) is 13.2. The van der Waals surface area contributed by atoms with Crippen molar-refractivity contribution in [2.45, 2.75) is 26.4 Å². The first kappa shape index (κ1) is 27.3. The van der Waals surface area contributed by atoms with Crippen molar-refractivity contribution in [3.8, 4) is 23.1 Å². The number of halogens is 1. The highest BCUT2D eigenvalue weighted by atomic mass is 35.5. The third-order valence-electron chi connectivity index (χ3n) is 6.80. The maximum Gasteiger partial charge on any atom is 0.271 e. The number of carbonyl (C=O) groups excluding carboxylic acids is 1. The van der Waals surface area contributed by atoms with Crippen LogP contribution in [0.1, 0.15) is 36.8 Å². The molecule has 1 fully saturated rings. The number of carbonyl (C=O) groups is 1. The second kappa shape index (κ2) is 11.1. The molecule has 0 aromatic carbocycles. The van der Waals surface area contributed by atoms with Crippen molar-refractivity contribution in [1.29, 1.82) is 5.26 Å². The van der Waals surface area contributed by atoms with Crippen molar-refractivity contribution < 1.29 is 14.6 Å². The number of nitrogens with zero attached hydrogens (tertiary/aromatic N) is 7. The first-order valence-electron chi connectivity index (χ1n) is 12.9. The maximum atomic E-state index is 12.5. The molecule has 0 spiro atoms. The molecule has 5 rings (SSSR count). The Bertz CT molecular complexity index is 1580. The van der Waals surface area contributed by atoms with Crippen LogP contribution in [0.4, 0.5) is 5.82 Å². The molecule has 0 bridgehead atoms. The van der Waals surface area contributed by atoms with E-state index in [-0.39, 0.29) is 24.1 Å². The second-order valence-electron chi connectivity index (χ2n) is 10.6. The summed E-state index contributed by atoms with van der Waals surface area (Å²) in [4.78, 5) is 28.1. The Morgan fingerprint density at radius 1 is 1.27 bits per heavy atom. The smallest absolute Gasteiger partial charge is 0.271 e. The summed E-state index contributed by atoms with van der Waals surface area (Å²) in [6.07, 6.45) is 8.08. The topological polar surface area (TPSA) is 142 Å². The van der Waals surface area contributed by atoms with Crippen LogP contribution in [0, 0.1) is 23.2 Å². The van der Waals surface area contributed by atoms with Crippen molar-refractivity contribution in [2.75, 3.05) is 31.1 Å². The first-order chi connectivity index (χ1) is 19.1. The van der Waals surface area contributed by atoms with Gasteiger partial charge in [-0.15, -0.1) is 0 Å². The summed E-state index contributed by atoms with van der Waals surface area (Å²) in [6, 6.07) is 7.28. The van der Waals surface area contributed by atoms with Gasteiger partial charge in [0.25, 0.3) is 5.91 Å². The minimum atomic E-state index is -1.02. The predicted molar refractivity (Wildman–Crippen MR) is 149 cm³/mol. The molecule has 1 aliphatic rings. The molecule has 0 radical (unpaired) electrons. The van der Waals surface area contributed by atoms with Gasteiger partial charge in [-0.25, -0.2) is 14.5 Å². The number of nitrogens with one attached hydrogen (secondary N) is 1. The van der Waals surface area contributed by atoms with Crippen molar-refractivity contribution in [3.05, 3.63) is 65.5 Å². The second-order valence-corrected chi connectivity index (χ2v) is 11.0. The molecular formula is C28H29ClN8O3. The third kappa shape index (κ3) is 5.83. The fourth-order valence-electron chi connectivity index (χ4n) is 4.68. The number of hydrogen-bond acceptors (Lipinski definition) is 9. The van der Waals surface area contributed by atoms with Gasteiger partial charge in [0.2, 0.25) is 0 Å². The SMILES string of the molecule is CC1CN(c2cnc(-c3cc(OCC(C)(C)O)cn4ncc(C#N)c34)cn2)C[C@H]1CNC(=O)c1ncccc1Cl. The normalized spacial score (nSPS) is 17.1. The van der Waals surface area contributed by atoms with Gasteiger partial charge in [0.1, 0.15) is 29.9 Å². The van der Waals surface area contributed by atoms with Crippen LogP contribution >= 0.6 is 11.6 Å². The van der Waals surface area contributed by atoms with E-state index < -0.39 is 5.60 Å². The van der Waals surface area contributed by atoms with E-state index in [9.17, 15) is 15.2 Å². The van der Waals surface area contributed by atoms with Crippen LogP contribution < -0.4 is 15.0 Å². The van der Waals surface area contributed by atoms with E-state index in [1.807, 2.05) is 0 Å². The standard InChI is InChI=1S/C28H29ClN8O3/c1-17-13-36(14-19(17)9-34-27(38)25-22(29)5-4-6-31-25)24-12-32-23(11-33-24)21-7-20(40-16-28(2,3)39)15-37-26(21)18(8-30)10-35-37/h4-7,10-12,15,17,19,39H,9,13-14,16H2,1-3H3,(H,34,38)/t17?,19-/m1/s1. The number of aromatic nitrogens is 5. The lowest BCUT2D eigenvalue weighted by Gasteiger charge is -2.19. The summed E-state index contributed by atoms with van der Waals surface area (Å²) in [5.74, 6) is 1.43. The summed E-state index contributed by atoms with van der Waals surface area (Å²) in [5, 5.41) is 27.3. The van der Waals surface area contributed by atoms with Gasteiger partial charge in [-0.2, -0.15) is 10.4 Å². The van der Waals surface area contributed by atoms with Crippen LogP contribution in [0.25, 0.3) is 16.8 Å². The van der Waals surface area contributed by atoms with Crippen LogP contribution in [0.2, 0.25) is 5.02 Å². The van der Waals surface area contributed by atoms with E-state index >= 15 is 0 Å². The Kier molecular flexibility index (Phi) is 7.56. The van der Waals surface area contributed by atoms with Gasteiger partial charge in [0.15, 0.2) is 0 Å². The Labute approximate surface area is 236 Å². The Balaban J connectivity index is 1.32. The van der Waals surface area contributed by atoms with E-state index in [0.717, 1.165) is 12.4 Å². The van der Waals surface area contributed by atoms with Gasteiger partial charge in [0.05, 0.1) is 52.2 Å². The largest absolute Gasteiger partial charge is 0.489 e. The highest BCUT2D eigenvalue weighted by molar-refractivity contribution is 6.33. The minimum absolute atomic E-state index is 0.0819. The van der Waals surface area contributed by atoms with Crippen LogP contribution in [-0.4, -0.2) is 67.4 Å². The molecule has 2 atom stereocenters. The van der Waals surface area contributed by atoms with E-state index in [4.69, 9.17) is 16.3 Å². The fourth-order valence-corrected chi connectivity index (χ4v) is 4.89. The molecule has 1 amide bonds. The molecule has 2 N–H and O–H groups in total. The van der Waals surface area contributed by atoms with Gasteiger partial charge < -0.3 is 20.1 Å². The molecular weight excluding hydrogens is 532 g/mol. The van der Waals surface area contributed by atoms with E-state index in [1.165, 1.54) is 6.20 Å². The van der Waals surface area contributed by atoms with Crippen molar-refractivity contribution in [3.63, 3.8) is 0 Å². The number of anilines is 1. The molecule has 11 nitrogen and oxygen atoms in total. The highest BCUT2D eigenvalue weighted by Gasteiger charge is 2.31. The molecule has 4 aromatic rings. The molecule has 206 valence electrons. The molecule has 0 saturated carbocycles. The third-order valence-corrected chi connectivity index (χ3v) is 7.11. The lowest BCUT2D eigenvalue weighted by Crippen LogP contribution is -2.33. The zero-order chi connectivity index (χ0) is 28.4. The van der Waals surface area contributed by atoms with E-state index in [0.29, 0.717) is 52.1 Å². The molecule has 1 saturated heterocycles. The number of aliphatic hydroxyl groups is 1. The summed E-state index contributed by atoms with van der Waals surface area (Å²) in [7, 11) is 0. The van der Waals surface area contributed by atoms with Crippen molar-refractivity contribution >= 4 is 28.8 Å². The molecule has 40 heavy (non-hydrogen) atoms. The number of hydrogen-bond donors (Lipinski definition) is 2. The highest BCUT2D eigenvalue weighted by Crippen LogP contribution is 2.31. The minimum Gasteiger partial charge on any atom is -0.489 e. The average Bonchev–Trinajstić information content (AvgIpc) is 3.53. The summed E-state index contributed by atoms with van der Waals surface area (Å²) < 4.78 is 7.37.